The normalized spacial score (nSPS) is 15.4. The molecule has 0 atom stereocenters. The number of methoxy groups -OCH3 is 1. The van der Waals surface area contributed by atoms with Crippen molar-refractivity contribution in [3.63, 3.8) is 0 Å². The van der Waals surface area contributed by atoms with Crippen LogP contribution in [0.1, 0.15) is 25.7 Å². The second kappa shape index (κ2) is 11.7. The monoisotopic (exact) mass is 280 g/mol. The van der Waals surface area contributed by atoms with Crippen LogP contribution in [-0.2, 0) is 14.3 Å². The van der Waals surface area contributed by atoms with Crippen LogP contribution in [0.3, 0.4) is 0 Å². The van der Waals surface area contributed by atoms with E-state index in [2.05, 4.69) is 10.6 Å². The average Bonchev–Trinajstić information content (AvgIpc) is 2.84. The Hall–Kier alpha value is -0.360. The van der Waals surface area contributed by atoms with Crippen molar-refractivity contribution in [2.45, 2.75) is 31.8 Å². The number of carbonyl (C=O) groups is 1. The van der Waals surface area contributed by atoms with Gasteiger partial charge in [-0.1, -0.05) is 12.8 Å². The van der Waals surface area contributed by atoms with Gasteiger partial charge in [-0.15, -0.1) is 12.4 Å². The minimum absolute atomic E-state index is 0. The Kier molecular flexibility index (Phi) is 11.5. The van der Waals surface area contributed by atoms with Crippen LogP contribution in [0.5, 0.6) is 0 Å². The van der Waals surface area contributed by atoms with Crippen molar-refractivity contribution in [2.24, 2.45) is 0 Å². The summed E-state index contributed by atoms with van der Waals surface area (Å²) in [6, 6.07) is 0. The molecule has 0 unspecified atom stereocenters. The lowest BCUT2D eigenvalue weighted by molar-refractivity contribution is -0.127. The molecule has 0 aromatic heterocycles. The summed E-state index contributed by atoms with van der Waals surface area (Å²) < 4.78 is 10.4. The summed E-state index contributed by atoms with van der Waals surface area (Å²) in [5, 5.41) is 5.97. The van der Waals surface area contributed by atoms with Crippen molar-refractivity contribution in [3.05, 3.63) is 0 Å². The summed E-state index contributed by atoms with van der Waals surface area (Å²) in [7, 11) is 1.67. The molecule has 0 bridgehead atoms. The zero-order valence-corrected chi connectivity index (χ0v) is 11.9. The molecule has 1 amide bonds. The van der Waals surface area contributed by atoms with E-state index in [1.54, 1.807) is 7.11 Å². The molecule has 0 spiro atoms. The van der Waals surface area contributed by atoms with Crippen LogP contribution < -0.4 is 10.6 Å². The van der Waals surface area contributed by atoms with Gasteiger partial charge in [0.05, 0.1) is 12.7 Å². The Balaban J connectivity index is 0.00000289. The molecule has 5 nitrogen and oxygen atoms in total. The molecule has 0 saturated heterocycles. The topological polar surface area (TPSA) is 59.6 Å². The summed E-state index contributed by atoms with van der Waals surface area (Å²) in [6.07, 6.45) is 4.98. The summed E-state index contributed by atoms with van der Waals surface area (Å²) in [5.41, 5.74) is 0. The van der Waals surface area contributed by atoms with E-state index in [9.17, 15) is 4.79 Å². The minimum atomic E-state index is -0.0227. The summed E-state index contributed by atoms with van der Waals surface area (Å²) in [4.78, 5) is 11.4. The van der Waals surface area contributed by atoms with Gasteiger partial charge in [0.15, 0.2) is 0 Å². The van der Waals surface area contributed by atoms with Crippen LogP contribution in [0.25, 0.3) is 0 Å². The number of halogens is 1. The van der Waals surface area contributed by atoms with Crippen LogP contribution in [0.15, 0.2) is 0 Å². The smallest absolute Gasteiger partial charge is 0.246 e. The van der Waals surface area contributed by atoms with Crippen molar-refractivity contribution in [1.82, 2.24) is 10.6 Å². The quantitative estimate of drug-likeness (QED) is 0.611. The molecular weight excluding hydrogens is 256 g/mol. The first-order valence-electron chi connectivity index (χ1n) is 6.41. The van der Waals surface area contributed by atoms with Gasteiger partial charge in [0, 0.05) is 26.7 Å². The van der Waals surface area contributed by atoms with E-state index in [4.69, 9.17) is 9.47 Å². The molecule has 0 aliphatic heterocycles. The number of hydrogen-bond donors (Lipinski definition) is 2. The Morgan fingerprint density at radius 1 is 1.22 bits per heavy atom. The van der Waals surface area contributed by atoms with Crippen molar-refractivity contribution >= 4 is 18.3 Å². The summed E-state index contributed by atoms with van der Waals surface area (Å²) in [6.45, 7) is 3.10. The van der Waals surface area contributed by atoms with Crippen molar-refractivity contribution in [1.29, 1.82) is 0 Å². The molecule has 1 aliphatic carbocycles. The lowest BCUT2D eigenvalue weighted by Gasteiger charge is -2.11. The number of hydrogen-bond acceptors (Lipinski definition) is 4. The number of nitrogens with one attached hydrogen (secondary N) is 2. The third-order valence-electron chi connectivity index (χ3n) is 2.86. The fraction of sp³-hybridized carbons (Fsp3) is 0.917. The molecule has 1 saturated carbocycles. The lowest BCUT2D eigenvalue weighted by atomic mass is 10.3. The van der Waals surface area contributed by atoms with Gasteiger partial charge in [-0.05, 0) is 12.8 Å². The maximum absolute atomic E-state index is 11.4. The molecule has 18 heavy (non-hydrogen) atoms. The van der Waals surface area contributed by atoms with E-state index >= 15 is 0 Å². The number of amides is 1. The molecule has 0 aromatic carbocycles. The molecule has 108 valence electrons. The SMILES string of the molecule is COCCNCCNC(=O)COC1CCCC1.Cl. The molecule has 1 aliphatic rings. The predicted molar refractivity (Wildman–Crippen MR) is 73.2 cm³/mol. The van der Waals surface area contributed by atoms with E-state index in [0.717, 1.165) is 25.9 Å². The van der Waals surface area contributed by atoms with Gasteiger partial charge in [0.1, 0.15) is 6.61 Å². The Bertz CT molecular complexity index is 211. The Labute approximate surface area is 115 Å². The first kappa shape index (κ1) is 17.6. The Morgan fingerprint density at radius 3 is 2.61 bits per heavy atom. The van der Waals surface area contributed by atoms with Gasteiger partial charge < -0.3 is 20.1 Å². The molecule has 0 aromatic rings. The van der Waals surface area contributed by atoms with Gasteiger partial charge in [-0.2, -0.15) is 0 Å². The molecule has 0 heterocycles. The van der Waals surface area contributed by atoms with E-state index in [0.29, 0.717) is 19.3 Å². The average molecular weight is 281 g/mol. The Morgan fingerprint density at radius 2 is 1.94 bits per heavy atom. The summed E-state index contributed by atoms with van der Waals surface area (Å²) >= 11 is 0. The highest BCUT2D eigenvalue weighted by molar-refractivity contribution is 5.85. The molecule has 0 radical (unpaired) electrons. The first-order chi connectivity index (χ1) is 8.33. The zero-order valence-electron chi connectivity index (χ0n) is 11.1. The maximum Gasteiger partial charge on any atom is 0.246 e. The van der Waals surface area contributed by atoms with Crippen LogP contribution in [-0.4, -0.2) is 52.0 Å². The standard InChI is InChI=1S/C12H24N2O3.ClH/c1-16-9-8-13-6-7-14-12(15)10-17-11-4-2-3-5-11;/h11,13H,2-10H2,1H3,(H,14,15);1H. The second-order valence-corrected chi connectivity index (χ2v) is 4.31. The molecule has 6 heteroatoms. The van der Waals surface area contributed by atoms with Crippen LogP contribution in [0.2, 0.25) is 0 Å². The van der Waals surface area contributed by atoms with Gasteiger partial charge in [-0.3, -0.25) is 4.79 Å². The minimum Gasteiger partial charge on any atom is -0.383 e. The van der Waals surface area contributed by atoms with Crippen LogP contribution in [0.4, 0.5) is 0 Å². The van der Waals surface area contributed by atoms with Crippen molar-refractivity contribution in [3.8, 4) is 0 Å². The van der Waals surface area contributed by atoms with Gasteiger partial charge in [0.2, 0.25) is 5.91 Å². The predicted octanol–water partition coefficient (Wildman–Crippen LogP) is 0.720. The van der Waals surface area contributed by atoms with E-state index in [1.807, 2.05) is 0 Å². The van der Waals surface area contributed by atoms with Gasteiger partial charge in [-0.25, -0.2) is 0 Å². The highest BCUT2D eigenvalue weighted by Crippen LogP contribution is 2.20. The third kappa shape index (κ3) is 8.69. The van der Waals surface area contributed by atoms with Gasteiger partial charge in [0.25, 0.3) is 0 Å². The highest BCUT2D eigenvalue weighted by Gasteiger charge is 2.16. The fourth-order valence-corrected chi connectivity index (χ4v) is 1.89. The first-order valence-corrected chi connectivity index (χ1v) is 6.41. The van der Waals surface area contributed by atoms with Crippen molar-refractivity contribution < 1.29 is 14.3 Å². The second-order valence-electron chi connectivity index (χ2n) is 4.31. The van der Waals surface area contributed by atoms with Crippen LogP contribution >= 0.6 is 12.4 Å². The molecular formula is C12H25ClN2O3. The zero-order chi connectivity index (χ0) is 12.3. The summed E-state index contributed by atoms with van der Waals surface area (Å²) in [5.74, 6) is -0.0227. The third-order valence-corrected chi connectivity index (χ3v) is 2.86. The maximum atomic E-state index is 11.4. The largest absolute Gasteiger partial charge is 0.383 e. The molecule has 2 N–H and O–H groups in total. The number of rotatable bonds is 9. The van der Waals surface area contributed by atoms with Crippen LogP contribution in [0, 0.1) is 0 Å². The molecule has 1 rings (SSSR count). The van der Waals surface area contributed by atoms with E-state index < -0.39 is 0 Å². The van der Waals surface area contributed by atoms with E-state index in [-0.39, 0.29) is 24.9 Å². The van der Waals surface area contributed by atoms with Crippen molar-refractivity contribution in [2.75, 3.05) is 40.0 Å². The van der Waals surface area contributed by atoms with E-state index in [1.165, 1.54) is 12.8 Å². The highest BCUT2D eigenvalue weighted by atomic mass is 35.5. The molecule has 1 fully saturated rings. The fourth-order valence-electron chi connectivity index (χ4n) is 1.89. The number of ether oxygens (including phenoxy) is 2. The number of carbonyl (C=O) groups excluding carboxylic acids is 1. The van der Waals surface area contributed by atoms with Gasteiger partial charge >= 0.3 is 0 Å². The lowest BCUT2D eigenvalue weighted by Crippen LogP contribution is -2.35.